The van der Waals surface area contributed by atoms with E-state index >= 15 is 0 Å². The van der Waals surface area contributed by atoms with Crippen LogP contribution in [0.2, 0.25) is 0 Å². The fraction of sp³-hybridized carbons (Fsp3) is 0.684. The zero-order chi connectivity index (χ0) is 17.9. The summed E-state index contributed by atoms with van der Waals surface area (Å²) in [6.45, 7) is 7.13. The molecule has 0 aromatic carbocycles. The van der Waals surface area contributed by atoms with Gasteiger partial charge in [0.2, 0.25) is 0 Å². The molecule has 140 valence electrons. The first-order chi connectivity index (χ1) is 12.8. The Labute approximate surface area is 155 Å². The van der Waals surface area contributed by atoms with Crippen LogP contribution in [0.1, 0.15) is 29.5 Å². The van der Waals surface area contributed by atoms with Gasteiger partial charge in [0.05, 0.1) is 11.7 Å². The number of hydrogen-bond donors (Lipinski definition) is 2. The van der Waals surface area contributed by atoms with E-state index in [2.05, 4.69) is 33.6 Å². The van der Waals surface area contributed by atoms with E-state index in [1.54, 1.807) is 0 Å². The van der Waals surface area contributed by atoms with E-state index in [0.29, 0.717) is 0 Å². The Hall–Kier alpha value is -1.88. The molecule has 0 radical (unpaired) electrons. The molecule has 0 spiro atoms. The molecule has 0 saturated carbocycles. The lowest BCUT2D eigenvalue weighted by Crippen LogP contribution is -2.44. The molecule has 0 amide bonds. The van der Waals surface area contributed by atoms with Crippen molar-refractivity contribution in [2.24, 2.45) is 0 Å². The fourth-order valence-corrected chi connectivity index (χ4v) is 4.14. The summed E-state index contributed by atoms with van der Waals surface area (Å²) in [4.78, 5) is 9.51. The van der Waals surface area contributed by atoms with E-state index in [4.69, 9.17) is 9.72 Å². The van der Waals surface area contributed by atoms with Gasteiger partial charge in [0.1, 0.15) is 17.7 Å². The van der Waals surface area contributed by atoms with Crippen LogP contribution < -0.4 is 15.5 Å². The van der Waals surface area contributed by atoms with Crippen LogP contribution in [0.25, 0.3) is 0 Å². The molecule has 4 rings (SSSR count). The number of piperazine rings is 1. The molecule has 26 heavy (non-hydrogen) atoms. The minimum atomic E-state index is 0.270. The van der Waals surface area contributed by atoms with Crippen molar-refractivity contribution in [3.63, 3.8) is 0 Å². The molecule has 1 aromatic rings. The van der Waals surface area contributed by atoms with Gasteiger partial charge in [-0.1, -0.05) is 0 Å². The normalized spacial score (nSPS) is 23.5. The van der Waals surface area contributed by atoms with Crippen LogP contribution in [-0.4, -0.2) is 68.9 Å². The van der Waals surface area contributed by atoms with Crippen LogP contribution in [0.5, 0.6) is 0 Å². The standard InChI is InChI=1S/C19H28N6O/c1-24-7-4-15-16(11-20)19(25-8-5-21-6-9-25)23-18(17(15)13-24)22-12-14-3-2-10-26-14/h14,21H,2-10,12-13H2,1H3,(H,22,23). The summed E-state index contributed by atoms with van der Waals surface area (Å²) in [5, 5.41) is 16.8. The van der Waals surface area contributed by atoms with Gasteiger partial charge in [-0.05, 0) is 31.9 Å². The second-order valence-electron chi connectivity index (χ2n) is 7.47. The Kier molecular flexibility index (Phi) is 5.25. The molecule has 0 aliphatic carbocycles. The molecule has 7 heteroatoms. The molecule has 2 N–H and O–H groups in total. The number of nitrogens with one attached hydrogen (secondary N) is 2. The Balaban J connectivity index is 1.69. The molecular weight excluding hydrogens is 328 g/mol. The maximum atomic E-state index is 9.88. The van der Waals surface area contributed by atoms with Crippen molar-refractivity contribution < 1.29 is 4.74 Å². The lowest BCUT2D eigenvalue weighted by atomic mass is 9.95. The number of nitriles is 1. The molecular formula is C19H28N6O. The molecule has 3 aliphatic rings. The molecule has 1 atom stereocenters. The molecule has 7 nitrogen and oxygen atoms in total. The van der Waals surface area contributed by atoms with Gasteiger partial charge in [0.25, 0.3) is 0 Å². The Morgan fingerprint density at radius 2 is 2.15 bits per heavy atom. The van der Waals surface area contributed by atoms with E-state index in [1.165, 1.54) is 11.1 Å². The summed E-state index contributed by atoms with van der Waals surface area (Å²) in [5.74, 6) is 1.79. The van der Waals surface area contributed by atoms with Crippen molar-refractivity contribution in [3.8, 4) is 6.07 Å². The van der Waals surface area contributed by atoms with Crippen molar-refractivity contribution in [2.45, 2.75) is 31.9 Å². The molecule has 1 unspecified atom stereocenters. The summed E-state index contributed by atoms with van der Waals surface area (Å²) in [5.41, 5.74) is 3.15. The minimum absolute atomic E-state index is 0.270. The highest BCUT2D eigenvalue weighted by atomic mass is 16.5. The Bertz CT molecular complexity index is 688. The number of rotatable bonds is 4. The first kappa shape index (κ1) is 17.5. The van der Waals surface area contributed by atoms with Crippen molar-refractivity contribution in [2.75, 3.05) is 63.1 Å². The first-order valence-electron chi connectivity index (χ1n) is 9.72. The SMILES string of the molecule is CN1CCc2c(C#N)c(N3CCNCC3)nc(NCC3CCCO3)c2C1. The van der Waals surface area contributed by atoms with E-state index in [-0.39, 0.29) is 6.10 Å². The quantitative estimate of drug-likeness (QED) is 0.831. The Morgan fingerprint density at radius 1 is 1.31 bits per heavy atom. The number of anilines is 2. The molecule has 0 bridgehead atoms. The lowest BCUT2D eigenvalue weighted by Gasteiger charge is -2.33. The molecule has 2 saturated heterocycles. The Morgan fingerprint density at radius 3 is 2.88 bits per heavy atom. The van der Waals surface area contributed by atoms with Crippen molar-refractivity contribution >= 4 is 11.6 Å². The van der Waals surface area contributed by atoms with Crippen LogP contribution in [-0.2, 0) is 17.7 Å². The highest BCUT2D eigenvalue weighted by molar-refractivity contribution is 5.67. The lowest BCUT2D eigenvalue weighted by molar-refractivity contribution is 0.120. The maximum absolute atomic E-state index is 9.88. The summed E-state index contributed by atoms with van der Waals surface area (Å²) in [7, 11) is 2.13. The summed E-state index contributed by atoms with van der Waals surface area (Å²) in [6, 6.07) is 2.46. The first-order valence-corrected chi connectivity index (χ1v) is 9.72. The second kappa shape index (κ2) is 7.78. The van der Waals surface area contributed by atoms with Gasteiger partial charge < -0.3 is 25.2 Å². The predicted molar refractivity (Wildman–Crippen MR) is 102 cm³/mol. The average molecular weight is 356 g/mol. The van der Waals surface area contributed by atoms with E-state index < -0.39 is 0 Å². The number of fused-ring (bicyclic) bond motifs is 1. The van der Waals surface area contributed by atoms with Gasteiger partial charge in [-0.25, -0.2) is 4.98 Å². The van der Waals surface area contributed by atoms with Crippen LogP contribution in [0, 0.1) is 11.3 Å². The molecule has 1 aromatic heterocycles. The van der Waals surface area contributed by atoms with Crippen molar-refractivity contribution in [3.05, 3.63) is 16.7 Å². The van der Waals surface area contributed by atoms with E-state index in [0.717, 1.165) is 88.9 Å². The molecule has 4 heterocycles. The number of pyridine rings is 1. The summed E-state index contributed by atoms with van der Waals surface area (Å²) < 4.78 is 5.76. The number of likely N-dealkylation sites (N-methyl/N-ethyl adjacent to an activating group) is 1. The van der Waals surface area contributed by atoms with Gasteiger partial charge in [0, 0.05) is 58.0 Å². The average Bonchev–Trinajstić information content (AvgIpc) is 3.20. The van der Waals surface area contributed by atoms with Gasteiger partial charge in [-0.15, -0.1) is 0 Å². The maximum Gasteiger partial charge on any atom is 0.149 e. The van der Waals surface area contributed by atoms with Gasteiger partial charge in [-0.3, -0.25) is 0 Å². The topological polar surface area (TPSA) is 76.5 Å². The van der Waals surface area contributed by atoms with Crippen LogP contribution in [0.15, 0.2) is 0 Å². The largest absolute Gasteiger partial charge is 0.376 e. The monoisotopic (exact) mass is 356 g/mol. The van der Waals surface area contributed by atoms with Crippen LogP contribution in [0.4, 0.5) is 11.6 Å². The van der Waals surface area contributed by atoms with Gasteiger partial charge in [-0.2, -0.15) is 5.26 Å². The fourth-order valence-electron chi connectivity index (χ4n) is 4.14. The summed E-state index contributed by atoms with van der Waals surface area (Å²) in [6.07, 6.45) is 3.42. The summed E-state index contributed by atoms with van der Waals surface area (Å²) >= 11 is 0. The number of nitrogens with zero attached hydrogens (tertiary/aromatic N) is 4. The number of hydrogen-bond acceptors (Lipinski definition) is 7. The second-order valence-corrected chi connectivity index (χ2v) is 7.47. The van der Waals surface area contributed by atoms with Crippen molar-refractivity contribution in [1.29, 1.82) is 5.26 Å². The van der Waals surface area contributed by atoms with E-state index in [9.17, 15) is 5.26 Å². The van der Waals surface area contributed by atoms with Crippen LogP contribution >= 0.6 is 0 Å². The number of ether oxygens (including phenoxy) is 1. The zero-order valence-corrected chi connectivity index (χ0v) is 15.6. The molecule has 2 fully saturated rings. The number of aromatic nitrogens is 1. The molecule has 3 aliphatic heterocycles. The highest BCUT2D eigenvalue weighted by Gasteiger charge is 2.27. The third kappa shape index (κ3) is 3.50. The smallest absolute Gasteiger partial charge is 0.149 e. The van der Waals surface area contributed by atoms with Crippen LogP contribution in [0.3, 0.4) is 0 Å². The third-order valence-electron chi connectivity index (χ3n) is 5.61. The zero-order valence-electron chi connectivity index (χ0n) is 15.6. The highest BCUT2D eigenvalue weighted by Crippen LogP contribution is 2.33. The van der Waals surface area contributed by atoms with Gasteiger partial charge >= 0.3 is 0 Å². The van der Waals surface area contributed by atoms with E-state index in [1.807, 2.05) is 0 Å². The van der Waals surface area contributed by atoms with Crippen molar-refractivity contribution in [1.82, 2.24) is 15.2 Å². The van der Waals surface area contributed by atoms with Gasteiger partial charge in [0.15, 0.2) is 0 Å². The minimum Gasteiger partial charge on any atom is -0.376 e. The predicted octanol–water partition coefficient (Wildman–Crippen LogP) is 0.942. The third-order valence-corrected chi connectivity index (χ3v) is 5.61.